The molecule has 0 radical (unpaired) electrons. The van der Waals surface area contributed by atoms with Crippen molar-refractivity contribution < 1.29 is 22.7 Å². The Morgan fingerprint density at radius 2 is 2.18 bits per heavy atom. The Kier molecular flexibility index (Phi) is 4.71. The van der Waals surface area contributed by atoms with Crippen molar-refractivity contribution in [2.24, 2.45) is 7.05 Å². The number of alkyl halides is 3. The molecule has 0 aromatic carbocycles. The minimum Gasteiger partial charge on any atom is -0.369 e. The van der Waals surface area contributed by atoms with Gasteiger partial charge in [-0.05, 0) is 25.0 Å². The van der Waals surface area contributed by atoms with Crippen LogP contribution in [0.15, 0.2) is 12.3 Å². The van der Waals surface area contributed by atoms with Gasteiger partial charge < -0.3 is 9.64 Å². The maximum Gasteiger partial charge on any atom is 0.471 e. The van der Waals surface area contributed by atoms with Crippen LogP contribution in [-0.2, 0) is 28.6 Å². The van der Waals surface area contributed by atoms with E-state index < -0.39 is 29.8 Å². The second kappa shape index (κ2) is 6.70. The molecule has 3 atom stereocenters. The zero-order chi connectivity index (χ0) is 20.3. The van der Waals surface area contributed by atoms with Gasteiger partial charge in [0.15, 0.2) is 0 Å². The number of likely N-dealkylation sites (tertiary alicyclic amines) is 1. The van der Waals surface area contributed by atoms with Gasteiger partial charge in [0.2, 0.25) is 0 Å². The van der Waals surface area contributed by atoms with Crippen LogP contribution >= 0.6 is 22.9 Å². The van der Waals surface area contributed by atoms with Gasteiger partial charge in [0.05, 0.1) is 23.2 Å². The lowest BCUT2D eigenvalue weighted by Crippen LogP contribution is -2.56. The van der Waals surface area contributed by atoms with E-state index >= 15 is 0 Å². The van der Waals surface area contributed by atoms with Crippen LogP contribution in [0.5, 0.6) is 0 Å². The predicted molar refractivity (Wildman–Crippen MR) is 96.0 cm³/mol. The summed E-state index contributed by atoms with van der Waals surface area (Å²) >= 11 is 7.60. The smallest absolute Gasteiger partial charge is 0.369 e. The molecular weight excluding hydrogens is 417 g/mol. The Balaban J connectivity index is 1.79. The van der Waals surface area contributed by atoms with Crippen LogP contribution in [0.4, 0.5) is 13.2 Å². The zero-order valence-electron chi connectivity index (χ0n) is 15.2. The van der Waals surface area contributed by atoms with E-state index in [2.05, 4.69) is 10.3 Å². The molecule has 1 saturated heterocycles. The molecule has 1 spiro atoms. The van der Waals surface area contributed by atoms with E-state index in [0.29, 0.717) is 23.1 Å². The molecule has 2 aliphatic rings. The van der Waals surface area contributed by atoms with Crippen molar-refractivity contribution in [2.45, 2.75) is 50.0 Å². The van der Waals surface area contributed by atoms with Crippen LogP contribution in [0, 0.1) is 0 Å². The van der Waals surface area contributed by atoms with Crippen molar-refractivity contribution in [3.63, 3.8) is 0 Å². The third-order valence-corrected chi connectivity index (χ3v) is 6.83. The van der Waals surface area contributed by atoms with E-state index in [-0.39, 0.29) is 12.8 Å². The lowest BCUT2D eigenvalue weighted by molar-refractivity contribution is -0.201. The van der Waals surface area contributed by atoms with Crippen molar-refractivity contribution in [1.82, 2.24) is 19.9 Å². The summed E-state index contributed by atoms with van der Waals surface area (Å²) in [6.07, 6.45) is -2.30. The molecule has 0 bridgehead atoms. The van der Waals surface area contributed by atoms with E-state index in [4.69, 9.17) is 16.3 Å². The molecule has 4 heterocycles. The van der Waals surface area contributed by atoms with Crippen molar-refractivity contribution in [1.29, 1.82) is 0 Å². The number of halogens is 4. The second-order valence-electron chi connectivity index (χ2n) is 7.30. The molecule has 0 aliphatic carbocycles. The third kappa shape index (κ3) is 3.21. The Hall–Kier alpha value is -1.65. The summed E-state index contributed by atoms with van der Waals surface area (Å²) in [5, 5.41) is 7.84. The summed E-state index contributed by atoms with van der Waals surface area (Å²) in [5.41, 5.74) is 0.571. The van der Waals surface area contributed by atoms with Gasteiger partial charge in [0, 0.05) is 30.8 Å². The van der Waals surface area contributed by atoms with Gasteiger partial charge in [-0.15, -0.1) is 16.4 Å². The van der Waals surface area contributed by atoms with E-state index in [0.717, 1.165) is 15.3 Å². The molecule has 1 amide bonds. The number of ether oxygens (including phenoxy) is 1. The number of nitrogens with zero attached hydrogens (tertiary/aromatic N) is 4. The average molecular weight is 435 g/mol. The van der Waals surface area contributed by atoms with E-state index in [1.54, 1.807) is 14.0 Å². The highest BCUT2D eigenvalue weighted by Crippen LogP contribution is 2.53. The molecule has 11 heteroatoms. The number of aryl methyl sites for hydroxylation is 1. The van der Waals surface area contributed by atoms with Gasteiger partial charge in [-0.1, -0.05) is 16.8 Å². The molecule has 0 saturated carbocycles. The van der Waals surface area contributed by atoms with Gasteiger partial charge in [0.1, 0.15) is 11.3 Å². The SMILES string of the molecule is C[C@H]1C[C@@]2(C[C@@H](c3cn(C)nn3)N1C(=O)C(F)(F)F)OCCc1cc(Cl)sc12. The topological polar surface area (TPSA) is 60.2 Å². The number of fused-ring (bicyclic) bond motifs is 2. The normalized spacial score (nSPS) is 27.9. The number of amides is 1. The fraction of sp³-hybridized carbons (Fsp3) is 0.588. The molecule has 6 nitrogen and oxygen atoms in total. The lowest BCUT2D eigenvalue weighted by atomic mass is 9.77. The first-order chi connectivity index (χ1) is 13.1. The molecule has 2 aliphatic heterocycles. The summed E-state index contributed by atoms with van der Waals surface area (Å²) in [4.78, 5) is 14.0. The van der Waals surface area contributed by atoms with E-state index in [9.17, 15) is 18.0 Å². The highest BCUT2D eigenvalue weighted by atomic mass is 35.5. The van der Waals surface area contributed by atoms with Crippen LogP contribution in [0.1, 0.15) is 41.9 Å². The van der Waals surface area contributed by atoms with Gasteiger partial charge in [-0.25, -0.2) is 0 Å². The number of piperidine rings is 1. The largest absolute Gasteiger partial charge is 0.471 e. The van der Waals surface area contributed by atoms with Crippen molar-refractivity contribution in [3.8, 4) is 0 Å². The average Bonchev–Trinajstić information content (AvgIpc) is 3.19. The number of hydrogen-bond donors (Lipinski definition) is 0. The molecule has 28 heavy (non-hydrogen) atoms. The van der Waals surface area contributed by atoms with Crippen LogP contribution in [-0.4, -0.2) is 44.6 Å². The summed E-state index contributed by atoms with van der Waals surface area (Å²) in [7, 11) is 1.63. The third-order valence-electron chi connectivity index (χ3n) is 5.34. The quantitative estimate of drug-likeness (QED) is 0.688. The van der Waals surface area contributed by atoms with Gasteiger partial charge >= 0.3 is 12.1 Å². The zero-order valence-corrected chi connectivity index (χ0v) is 16.7. The number of hydrogen-bond acceptors (Lipinski definition) is 5. The number of carbonyl (C=O) groups is 1. The van der Waals surface area contributed by atoms with Crippen LogP contribution < -0.4 is 0 Å². The number of aromatic nitrogens is 3. The van der Waals surface area contributed by atoms with Gasteiger partial charge in [-0.2, -0.15) is 13.2 Å². The number of thiophene rings is 1. The molecule has 4 rings (SSSR count). The first-order valence-electron chi connectivity index (χ1n) is 8.79. The monoisotopic (exact) mass is 434 g/mol. The van der Waals surface area contributed by atoms with Crippen LogP contribution in [0.3, 0.4) is 0 Å². The highest BCUT2D eigenvalue weighted by Gasteiger charge is 2.55. The van der Waals surface area contributed by atoms with E-state index in [1.807, 2.05) is 6.07 Å². The Labute approximate surface area is 168 Å². The predicted octanol–water partition coefficient (Wildman–Crippen LogP) is 3.61. The Bertz CT molecular complexity index is 915. The summed E-state index contributed by atoms with van der Waals surface area (Å²) < 4.78 is 48.1. The maximum atomic E-state index is 13.3. The standard InChI is InChI=1S/C17H18ClF3N4O2S/c1-9-6-16(14-10(3-4-27-16)5-13(18)28-14)7-12(11-8-24(2)23-22-11)25(9)15(26)17(19,20)21/h5,8-9,12H,3-4,6-7H2,1-2H3/t9-,12-,16-/m0/s1. The molecule has 2 aromatic rings. The summed E-state index contributed by atoms with van der Waals surface area (Å²) in [6, 6.07) is 0.279. The minimum atomic E-state index is -4.97. The molecule has 1 fully saturated rings. The van der Waals surface area contributed by atoms with E-state index in [1.165, 1.54) is 22.2 Å². The Morgan fingerprint density at radius 3 is 2.82 bits per heavy atom. The van der Waals surface area contributed by atoms with Crippen LogP contribution in [0.2, 0.25) is 4.34 Å². The van der Waals surface area contributed by atoms with Crippen molar-refractivity contribution >= 4 is 28.8 Å². The number of rotatable bonds is 1. The molecule has 0 N–H and O–H groups in total. The number of carbonyl (C=O) groups excluding carboxylic acids is 1. The van der Waals surface area contributed by atoms with Crippen LogP contribution in [0.25, 0.3) is 0 Å². The molecular formula is C17H18ClF3N4O2S. The van der Waals surface area contributed by atoms with Gasteiger partial charge in [-0.3, -0.25) is 9.48 Å². The van der Waals surface area contributed by atoms with Crippen molar-refractivity contribution in [3.05, 3.63) is 32.7 Å². The maximum absolute atomic E-state index is 13.3. The van der Waals surface area contributed by atoms with Gasteiger partial charge in [0.25, 0.3) is 0 Å². The molecule has 0 unspecified atom stereocenters. The first kappa shape index (κ1) is 19.7. The molecule has 152 valence electrons. The first-order valence-corrected chi connectivity index (χ1v) is 9.98. The minimum absolute atomic E-state index is 0.168. The van der Waals surface area contributed by atoms with Crippen molar-refractivity contribution in [2.75, 3.05) is 6.61 Å². The second-order valence-corrected chi connectivity index (χ2v) is 8.98. The lowest BCUT2D eigenvalue weighted by Gasteiger charge is -2.50. The summed E-state index contributed by atoms with van der Waals surface area (Å²) in [5.74, 6) is -1.87. The fourth-order valence-electron chi connectivity index (χ4n) is 4.32. The Morgan fingerprint density at radius 1 is 1.43 bits per heavy atom. The fourth-order valence-corrected chi connectivity index (χ4v) is 5.78. The molecule has 2 aromatic heterocycles. The highest BCUT2D eigenvalue weighted by molar-refractivity contribution is 7.16. The summed E-state index contributed by atoms with van der Waals surface area (Å²) in [6.45, 7) is 2.06.